The molecule has 0 fully saturated rings. The van der Waals surface area contributed by atoms with Crippen LogP contribution in [0.2, 0.25) is 0 Å². The Bertz CT molecular complexity index is 528. The van der Waals surface area contributed by atoms with Crippen LogP contribution >= 0.6 is 12.4 Å². The number of nitrogens with one attached hydrogen (secondary N) is 1. The van der Waals surface area contributed by atoms with Gasteiger partial charge in [0.05, 0.1) is 11.6 Å². The minimum atomic E-state index is -4.32. The molecule has 1 aromatic rings. The fourth-order valence-corrected chi connectivity index (χ4v) is 2.40. The van der Waals surface area contributed by atoms with Crippen LogP contribution in [0.3, 0.4) is 0 Å². The van der Waals surface area contributed by atoms with Gasteiger partial charge in [-0.1, -0.05) is 30.4 Å². The number of ketones is 1. The van der Waals surface area contributed by atoms with Gasteiger partial charge in [0.1, 0.15) is 5.78 Å². The van der Waals surface area contributed by atoms with E-state index in [1.807, 2.05) is 12.2 Å². The van der Waals surface area contributed by atoms with Gasteiger partial charge < -0.3 is 5.32 Å². The molecule has 0 bridgehead atoms. The first-order chi connectivity index (χ1) is 9.97. The maximum atomic E-state index is 12.6. The molecule has 0 amide bonds. The fourth-order valence-electron chi connectivity index (χ4n) is 2.40. The van der Waals surface area contributed by atoms with Crippen LogP contribution in [0.5, 0.6) is 0 Å². The summed E-state index contributed by atoms with van der Waals surface area (Å²) >= 11 is 0. The Morgan fingerprint density at radius 1 is 1.27 bits per heavy atom. The molecule has 0 radical (unpaired) electrons. The van der Waals surface area contributed by atoms with Crippen LogP contribution in [0, 0.1) is 0 Å². The molecule has 0 aliphatic carbocycles. The monoisotopic (exact) mass is 333 g/mol. The number of rotatable bonds is 5. The number of halogens is 4. The molecule has 1 atom stereocenters. The highest BCUT2D eigenvalue weighted by Crippen LogP contribution is 2.29. The molecule has 1 unspecified atom stereocenters. The Morgan fingerprint density at radius 2 is 2.05 bits per heavy atom. The molecular formula is C16H19ClF3NO. The SMILES string of the molecule is Cl.O=C(CCCc1cccc(C(F)(F)F)c1)C1CC=CCN1. The number of carbonyl (C=O) groups excluding carboxylic acids is 1. The number of hydrogen-bond donors (Lipinski definition) is 1. The number of alkyl halides is 3. The first-order valence-electron chi connectivity index (χ1n) is 7.04. The summed E-state index contributed by atoms with van der Waals surface area (Å²) in [4.78, 5) is 11.9. The van der Waals surface area contributed by atoms with E-state index in [0.29, 0.717) is 37.8 Å². The van der Waals surface area contributed by atoms with Crippen LogP contribution in [-0.2, 0) is 17.4 Å². The standard InChI is InChI=1S/C16H18F3NO.ClH/c17-16(18,19)13-7-3-5-12(11-13)6-4-9-15(21)14-8-1-2-10-20-14;/h1-3,5,7,11,14,20H,4,6,8-10H2;1H. The van der Waals surface area contributed by atoms with E-state index in [2.05, 4.69) is 5.32 Å². The zero-order valence-electron chi connectivity index (χ0n) is 12.0. The number of hydrogen-bond acceptors (Lipinski definition) is 2. The fraction of sp³-hybridized carbons (Fsp3) is 0.438. The molecule has 0 aromatic heterocycles. The summed E-state index contributed by atoms with van der Waals surface area (Å²) < 4.78 is 37.8. The number of Topliss-reactive ketones (excluding diaryl/α,β-unsaturated/α-hetero) is 1. The molecule has 0 saturated heterocycles. The Hall–Kier alpha value is -1.33. The summed E-state index contributed by atoms with van der Waals surface area (Å²) in [5.41, 5.74) is -0.0143. The normalized spacial score (nSPS) is 17.9. The molecule has 1 aliphatic heterocycles. The predicted octanol–water partition coefficient (Wildman–Crippen LogP) is 3.94. The molecule has 0 saturated carbocycles. The van der Waals surface area contributed by atoms with E-state index in [1.165, 1.54) is 6.07 Å². The highest BCUT2D eigenvalue weighted by atomic mass is 35.5. The highest BCUT2D eigenvalue weighted by molar-refractivity contribution is 5.85. The molecule has 1 aromatic carbocycles. The van der Waals surface area contributed by atoms with Crippen molar-refractivity contribution in [2.75, 3.05) is 6.54 Å². The Kier molecular flexibility index (Phi) is 7.10. The summed E-state index contributed by atoms with van der Waals surface area (Å²) in [6, 6.07) is 5.16. The first kappa shape index (κ1) is 18.7. The van der Waals surface area contributed by atoms with Crippen molar-refractivity contribution in [3.63, 3.8) is 0 Å². The average Bonchev–Trinajstić information content (AvgIpc) is 2.47. The van der Waals surface area contributed by atoms with Crippen molar-refractivity contribution in [3.05, 3.63) is 47.5 Å². The van der Waals surface area contributed by atoms with Gasteiger partial charge in [-0.15, -0.1) is 12.4 Å². The van der Waals surface area contributed by atoms with Crippen molar-refractivity contribution in [3.8, 4) is 0 Å². The van der Waals surface area contributed by atoms with Crippen molar-refractivity contribution in [2.45, 2.75) is 37.9 Å². The third kappa shape index (κ3) is 5.46. The van der Waals surface area contributed by atoms with Gasteiger partial charge in [0.25, 0.3) is 0 Å². The Morgan fingerprint density at radius 3 is 2.68 bits per heavy atom. The van der Waals surface area contributed by atoms with Crippen molar-refractivity contribution < 1.29 is 18.0 Å². The minimum absolute atomic E-state index is 0. The maximum absolute atomic E-state index is 12.6. The second-order valence-corrected chi connectivity index (χ2v) is 5.19. The van der Waals surface area contributed by atoms with Gasteiger partial charge in [0, 0.05) is 13.0 Å². The van der Waals surface area contributed by atoms with Crippen LogP contribution in [0.4, 0.5) is 13.2 Å². The molecule has 122 valence electrons. The lowest BCUT2D eigenvalue weighted by Gasteiger charge is -2.18. The van der Waals surface area contributed by atoms with Gasteiger partial charge in [0.15, 0.2) is 0 Å². The smallest absolute Gasteiger partial charge is 0.304 e. The lowest BCUT2D eigenvalue weighted by molar-refractivity contribution is -0.137. The van der Waals surface area contributed by atoms with E-state index in [4.69, 9.17) is 0 Å². The Labute approximate surface area is 134 Å². The number of carbonyl (C=O) groups is 1. The predicted molar refractivity (Wildman–Crippen MR) is 82.2 cm³/mol. The minimum Gasteiger partial charge on any atom is -0.304 e. The van der Waals surface area contributed by atoms with E-state index >= 15 is 0 Å². The van der Waals surface area contributed by atoms with Crippen molar-refractivity contribution in [1.29, 1.82) is 0 Å². The lowest BCUT2D eigenvalue weighted by atomic mass is 9.99. The molecule has 6 heteroatoms. The van der Waals surface area contributed by atoms with Gasteiger partial charge >= 0.3 is 6.18 Å². The van der Waals surface area contributed by atoms with Gasteiger partial charge in [-0.2, -0.15) is 13.2 Å². The van der Waals surface area contributed by atoms with E-state index in [-0.39, 0.29) is 24.2 Å². The van der Waals surface area contributed by atoms with Gasteiger partial charge in [-0.05, 0) is 30.9 Å². The zero-order valence-corrected chi connectivity index (χ0v) is 12.8. The third-order valence-electron chi connectivity index (χ3n) is 3.55. The Balaban J connectivity index is 0.00000242. The van der Waals surface area contributed by atoms with Crippen LogP contribution in [0.1, 0.15) is 30.4 Å². The number of benzene rings is 1. The van der Waals surface area contributed by atoms with E-state index in [0.717, 1.165) is 12.1 Å². The van der Waals surface area contributed by atoms with Gasteiger partial charge in [0.2, 0.25) is 0 Å². The summed E-state index contributed by atoms with van der Waals surface area (Å²) in [5, 5.41) is 3.11. The molecule has 1 aliphatic rings. The lowest BCUT2D eigenvalue weighted by Crippen LogP contribution is -2.38. The maximum Gasteiger partial charge on any atom is 0.416 e. The van der Waals surface area contributed by atoms with Crippen LogP contribution < -0.4 is 5.32 Å². The molecule has 0 spiro atoms. The zero-order chi connectivity index (χ0) is 15.3. The molecule has 1 N–H and O–H groups in total. The molecule has 22 heavy (non-hydrogen) atoms. The van der Waals surface area contributed by atoms with E-state index in [9.17, 15) is 18.0 Å². The van der Waals surface area contributed by atoms with Crippen LogP contribution in [0.15, 0.2) is 36.4 Å². The number of aryl methyl sites for hydroxylation is 1. The average molecular weight is 334 g/mol. The van der Waals surface area contributed by atoms with Gasteiger partial charge in [-0.25, -0.2) is 0 Å². The second-order valence-electron chi connectivity index (χ2n) is 5.19. The summed E-state index contributed by atoms with van der Waals surface area (Å²) in [5.74, 6) is 0.131. The quantitative estimate of drug-likeness (QED) is 0.827. The summed E-state index contributed by atoms with van der Waals surface area (Å²) in [6.07, 6.45) is 1.78. The summed E-state index contributed by atoms with van der Waals surface area (Å²) in [6.45, 7) is 0.698. The molecule has 2 nitrogen and oxygen atoms in total. The van der Waals surface area contributed by atoms with Crippen LogP contribution in [0.25, 0.3) is 0 Å². The topological polar surface area (TPSA) is 29.1 Å². The van der Waals surface area contributed by atoms with Crippen molar-refractivity contribution in [2.24, 2.45) is 0 Å². The highest BCUT2D eigenvalue weighted by Gasteiger charge is 2.30. The third-order valence-corrected chi connectivity index (χ3v) is 3.55. The van der Waals surface area contributed by atoms with Crippen LogP contribution in [-0.4, -0.2) is 18.4 Å². The van der Waals surface area contributed by atoms with Crippen molar-refractivity contribution in [1.82, 2.24) is 5.32 Å². The second kappa shape index (κ2) is 8.34. The summed E-state index contributed by atoms with van der Waals surface area (Å²) in [7, 11) is 0. The van der Waals surface area contributed by atoms with E-state index in [1.54, 1.807) is 6.07 Å². The molecule has 2 rings (SSSR count). The van der Waals surface area contributed by atoms with Gasteiger partial charge in [-0.3, -0.25) is 4.79 Å². The first-order valence-corrected chi connectivity index (χ1v) is 7.04. The van der Waals surface area contributed by atoms with Crippen molar-refractivity contribution >= 4 is 18.2 Å². The molecule has 1 heterocycles. The largest absolute Gasteiger partial charge is 0.416 e. The van der Waals surface area contributed by atoms with E-state index < -0.39 is 11.7 Å². The molecular weight excluding hydrogens is 315 g/mol.